The van der Waals surface area contributed by atoms with E-state index in [-0.39, 0.29) is 16.2 Å². The molecule has 0 spiro atoms. The van der Waals surface area contributed by atoms with Gasteiger partial charge in [-0.1, -0.05) is 85.2 Å². The van der Waals surface area contributed by atoms with Crippen LogP contribution in [0, 0.1) is 10.8 Å². The number of hydrogen-bond donors (Lipinski definition) is 2. The van der Waals surface area contributed by atoms with E-state index in [0.717, 1.165) is 24.2 Å². The number of allylic oxidation sites excluding steroid dienone is 5. The second-order valence-electron chi connectivity index (χ2n) is 9.89. The molecule has 0 fully saturated rings. The first kappa shape index (κ1) is 21.3. The zero-order valence-corrected chi connectivity index (χ0v) is 18.5. The van der Waals surface area contributed by atoms with Gasteiger partial charge in [0.2, 0.25) is 0 Å². The van der Waals surface area contributed by atoms with E-state index < -0.39 is 0 Å². The fourth-order valence-corrected chi connectivity index (χ4v) is 4.16. The summed E-state index contributed by atoms with van der Waals surface area (Å²) in [5, 5.41) is 0. The Bertz CT molecular complexity index is 779. The van der Waals surface area contributed by atoms with Gasteiger partial charge in [0.1, 0.15) is 0 Å². The minimum Gasteiger partial charge on any atom is -0.399 e. The molecule has 2 heteroatoms. The Morgan fingerprint density at radius 1 is 0.852 bits per heavy atom. The lowest BCUT2D eigenvalue weighted by Crippen LogP contribution is -2.40. The normalized spacial score (nSPS) is 16.7. The van der Waals surface area contributed by atoms with Crippen molar-refractivity contribution in [2.24, 2.45) is 16.6 Å². The lowest BCUT2D eigenvalue weighted by Gasteiger charge is -2.46. The SMILES string of the molecule is CCC1=C(C(C)(C)C(C)(C)c2ccc(N)cc2)C(N)=C(C(C)(C)C)C=CC1. The minimum atomic E-state index is -0.138. The van der Waals surface area contributed by atoms with Crippen LogP contribution < -0.4 is 11.5 Å². The van der Waals surface area contributed by atoms with Crippen molar-refractivity contribution >= 4 is 5.69 Å². The zero-order chi connectivity index (χ0) is 20.6. The van der Waals surface area contributed by atoms with E-state index in [2.05, 4.69) is 79.7 Å². The van der Waals surface area contributed by atoms with Gasteiger partial charge in [0.15, 0.2) is 0 Å². The highest BCUT2D eigenvalue weighted by Gasteiger charge is 2.44. The molecule has 1 aromatic carbocycles. The molecule has 0 saturated carbocycles. The topological polar surface area (TPSA) is 52.0 Å². The number of anilines is 1. The van der Waals surface area contributed by atoms with E-state index in [0.29, 0.717) is 0 Å². The molecule has 148 valence electrons. The average molecular weight is 367 g/mol. The second kappa shape index (κ2) is 7.22. The molecule has 2 nitrogen and oxygen atoms in total. The molecule has 0 saturated heterocycles. The largest absolute Gasteiger partial charge is 0.399 e. The molecular formula is C25H38N2. The van der Waals surface area contributed by atoms with Crippen LogP contribution in [0.2, 0.25) is 0 Å². The fourth-order valence-electron chi connectivity index (χ4n) is 4.16. The van der Waals surface area contributed by atoms with E-state index in [1.165, 1.54) is 22.3 Å². The van der Waals surface area contributed by atoms with Crippen LogP contribution in [0.15, 0.2) is 58.8 Å². The third kappa shape index (κ3) is 3.85. The van der Waals surface area contributed by atoms with Gasteiger partial charge in [-0.15, -0.1) is 0 Å². The standard InChI is InChI=1S/C25H38N2/c1-9-17-11-10-12-20(23(2,3)4)22(27)21(17)25(7,8)24(5,6)18-13-15-19(26)16-14-18/h10,12-16H,9,11,26-27H2,1-8H3. The van der Waals surface area contributed by atoms with Gasteiger partial charge in [-0.25, -0.2) is 0 Å². The van der Waals surface area contributed by atoms with Crippen molar-refractivity contribution in [1.82, 2.24) is 0 Å². The van der Waals surface area contributed by atoms with Gasteiger partial charge in [0.25, 0.3) is 0 Å². The van der Waals surface area contributed by atoms with Crippen molar-refractivity contribution in [1.29, 1.82) is 0 Å². The van der Waals surface area contributed by atoms with Crippen LogP contribution in [-0.4, -0.2) is 0 Å². The molecule has 1 aromatic rings. The van der Waals surface area contributed by atoms with Crippen LogP contribution >= 0.6 is 0 Å². The molecule has 0 radical (unpaired) electrons. The van der Waals surface area contributed by atoms with Crippen molar-refractivity contribution in [3.8, 4) is 0 Å². The maximum atomic E-state index is 6.91. The first-order valence-corrected chi connectivity index (χ1v) is 10.1. The summed E-state index contributed by atoms with van der Waals surface area (Å²) in [6.45, 7) is 18.3. The second-order valence-corrected chi connectivity index (χ2v) is 9.89. The Morgan fingerprint density at radius 3 is 1.89 bits per heavy atom. The highest BCUT2D eigenvalue weighted by molar-refractivity contribution is 5.52. The number of nitrogens with two attached hydrogens (primary N) is 2. The summed E-state index contributed by atoms with van der Waals surface area (Å²) in [4.78, 5) is 0. The molecule has 2 rings (SSSR count). The predicted molar refractivity (Wildman–Crippen MR) is 119 cm³/mol. The van der Waals surface area contributed by atoms with E-state index in [4.69, 9.17) is 11.5 Å². The zero-order valence-electron chi connectivity index (χ0n) is 18.5. The Hall–Kier alpha value is -1.96. The summed E-state index contributed by atoms with van der Waals surface area (Å²) in [6.07, 6.45) is 6.50. The van der Waals surface area contributed by atoms with Gasteiger partial charge in [-0.3, -0.25) is 0 Å². The number of nitrogen functional groups attached to an aromatic ring is 1. The molecule has 0 unspecified atom stereocenters. The summed E-state index contributed by atoms with van der Waals surface area (Å²) in [5.74, 6) is 0. The Labute approximate surface area is 166 Å². The van der Waals surface area contributed by atoms with Crippen LogP contribution in [-0.2, 0) is 5.41 Å². The molecule has 1 aliphatic rings. The van der Waals surface area contributed by atoms with Crippen LogP contribution in [0.4, 0.5) is 5.69 Å². The van der Waals surface area contributed by atoms with Crippen LogP contribution in [0.3, 0.4) is 0 Å². The first-order chi connectivity index (χ1) is 12.3. The van der Waals surface area contributed by atoms with E-state index in [9.17, 15) is 0 Å². The van der Waals surface area contributed by atoms with Gasteiger partial charge in [0.05, 0.1) is 0 Å². The van der Waals surface area contributed by atoms with E-state index in [1.54, 1.807) is 0 Å². The molecular weight excluding hydrogens is 328 g/mol. The fraction of sp³-hybridized carbons (Fsp3) is 0.520. The van der Waals surface area contributed by atoms with Crippen molar-refractivity contribution in [3.63, 3.8) is 0 Å². The molecule has 0 bridgehead atoms. The summed E-state index contributed by atoms with van der Waals surface area (Å²) in [6, 6.07) is 8.30. The quantitative estimate of drug-likeness (QED) is 0.598. The summed E-state index contributed by atoms with van der Waals surface area (Å²) < 4.78 is 0. The molecule has 0 aliphatic heterocycles. The van der Waals surface area contributed by atoms with E-state index in [1.807, 2.05) is 12.1 Å². The van der Waals surface area contributed by atoms with Crippen LogP contribution in [0.25, 0.3) is 0 Å². The monoisotopic (exact) mass is 366 g/mol. The Morgan fingerprint density at radius 2 is 1.41 bits per heavy atom. The maximum absolute atomic E-state index is 6.91. The van der Waals surface area contributed by atoms with Crippen LogP contribution in [0.5, 0.6) is 0 Å². The van der Waals surface area contributed by atoms with Crippen molar-refractivity contribution in [2.75, 3.05) is 5.73 Å². The highest BCUT2D eigenvalue weighted by Crippen LogP contribution is 2.51. The average Bonchev–Trinajstić information content (AvgIpc) is 2.73. The summed E-state index contributed by atoms with van der Waals surface area (Å²) >= 11 is 0. The molecule has 0 atom stereocenters. The van der Waals surface area contributed by atoms with Gasteiger partial charge in [0, 0.05) is 16.8 Å². The third-order valence-corrected chi connectivity index (χ3v) is 6.62. The third-order valence-electron chi connectivity index (χ3n) is 6.62. The molecule has 4 N–H and O–H groups in total. The van der Waals surface area contributed by atoms with Crippen molar-refractivity contribution in [3.05, 3.63) is 64.4 Å². The lowest BCUT2D eigenvalue weighted by molar-refractivity contribution is 0.248. The smallest absolute Gasteiger partial charge is 0.0389 e. The van der Waals surface area contributed by atoms with Gasteiger partial charge >= 0.3 is 0 Å². The molecule has 0 amide bonds. The Kier molecular flexibility index (Phi) is 5.71. The molecule has 27 heavy (non-hydrogen) atoms. The number of rotatable bonds is 4. The maximum Gasteiger partial charge on any atom is 0.0389 e. The summed E-state index contributed by atoms with van der Waals surface area (Å²) in [7, 11) is 0. The lowest BCUT2D eigenvalue weighted by atomic mass is 9.58. The van der Waals surface area contributed by atoms with Gasteiger partial charge < -0.3 is 11.5 Å². The van der Waals surface area contributed by atoms with Gasteiger partial charge in [-0.2, -0.15) is 0 Å². The van der Waals surface area contributed by atoms with E-state index >= 15 is 0 Å². The predicted octanol–water partition coefficient (Wildman–Crippen LogP) is 6.50. The van der Waals surface area contributed by atoms with Crippen molar-refractivity contribution in [2.45, 2.75) is 73.6 Å². The summed E-state index contributed by atoms with van der Waals surface area (Å²) in [5.41, 5.74) is 19.7. The Balaban J connectivity index is 2.72. The molecule has 0 heterocycles. The van der Waals surface area contributed by atoms with Crippen molar-refractivity contribution < 1.29 is 0 Å². The number of benzene rings is 1. The van der Waals surface area contributed by atoms with Gasteiger partial charge in [-0.05, 0) is 52.5 Å². The van der Waals surface area contributed by atoms with Crippen LogP contribution in [0.1, 0.15) is 73.8 Å². The number of hydrogen-bond acceptors (Lipinski definition) is 2. The minimum absolute atomic E-state index is 0.0104. The highest BCUT2D eigenvalue weighted by atomic mass is 14.6. The first-order valence-electron chi connectivity index (χ1n) is 10.1. The molecule has 0 aromatic heterocycles. The molecule has 1 aliphatic carbocycles.